The van der Waals surface area contributed by atoms with Crippen molar-refractivity contribution >= 4 is 5.78 Å². The number of benzene rings is 1. The van der Waals surface area contributed by atoms with Crippen LogP contribution in [0.15, 0.2) is 24.8 Å². The molecule has 0 saturated carbocycles. The zero-order valence-electron chi connectivity index (χ0n) is 10.3. The van der Waals surface area contributed by atoms with Gasteiger partial charge >= 0.3 is 0 Å². The van der Waals surface area contributed by atoms with Crippen LogP contribution in [0, 0.1) is 13.8 Å². The van der Waals surface area contributed by atoms with Gasteiger partial charge in [-0.25, -0.2) is 0 Å². The summed E-state index contributed by atoms with van der Waals surface area (Å²) in [5.74, 6) is 0.0970. The lowest BCUT2D eigenvalue weighted by Crippen LogP contribution is -2.05. The van der Waals surface area contributed by atoms with Gasteiger partial charge in [-0.3, -0.25) is 4.79 Å². The summed E-state index contributed by atoms with van der Waals surface area (Å²) >= 11 is 0. The number of hydrogen-bond acceptors (Lipinski definition) is 2. The van der Waals surface area contributed by atoms with Crippen molar-refractivity contribution < 1.29 is 9.53 Å². The van der Waals surface area contributed by atoms with Crippen molar-refractivity contribution in [3.8, 4) is 0 Å². The number of methoxy groups -OCH3 is 1. The highest BCUT2D eigenvalue weighted by molar-refractivity contribution is 5.95. The van der Waals surface area contributed by atoms with E-state index in [2.05, 4.69) is 6.58 Å². The molecule has 0 aliphatic carbocycles. The fourth-order valence-electron chi connectivity index (χ4n) is 1.88. The maximum atomic E-state index is 11.4. The summed E-state index contributed by atoms with van der Waals surface area (Å²) < 4.78 is 5.32. The molecule has 0 aliphatic heterocycles. The van der Waals surface area contributed by atoms with E-state index in [9.17, 15) is 4.79 Å². The normalized spacial score (nSPS) is 12.2. The molecule has 1 aromatic rings. The maximum Gasteiger partial charge on any atom is 0.160 e. The minimum absolute atomic E-state index is 0.0970. The highest BCUT2D eigenvalue weighted by Crippen LogP contribution is 2.26. The second kappa shape index (κ2) is 5.08. The van der Waals surface area contributed by atoms with Crippen molar-refractivity contribution in [1.82, 2.24) is 0 Å². The van der Waals surface area contributed by atoms with Gasteiger partial charge in [0.2, 0.25) is 0 Å². The van der Waals surface area contributed by atoms with Crippen molar-refractivity contribution in [2.45, 2.75) is 26.9 Å². The summed E-state index contributed by atoms with van der Waals surface area (Å²) in [5, 5.41) is 0. The Kier molecular flexibility index (Phi) is 4.02. The molecule has 2 nitrogen and oxygen atoms in total. The number of rotatable bonds is 4. The first kappa shape index (κ1) is 12.7. The van der Waals surface area contributed by atoms with Crippen LogP contribution in [0.1, 0.15) is 40.1 Å². The molecule has 0 N–H and O–H groups in total. The molecular formula is C14H18O2. The molecule has 1 aromatic carbocycles. The standard InChI is InChI=1S/C14H18O2/c1-6-14(16-5)13-8-7-12(11(4)15)9(2)10(13)3/h6-8,14H,1H2,2-5H3. The van der Waals surface area contributed by atoms with Gasteiger partial charge in [-0.1, -0.05) is 18.2 Å². The Hall–Kier alpha value is -1.41. The van der Waals surface area contributed by atoms with Gasteiger partial charge < -0.3 is 4.74 Å². The van der Waals surface area contributed by atoms with Crippen molar-refractivity contribution in [2.75, 3.05) is 7.11 Å². The molecule has 0 amide bonds. The molecule has 0 radical (unpaired) electrons. The first-order valence-corrected chi connectivity index (χ1v) is 5.29. The summed E-state index contributed by atoms with van der Waals surface area (Å²) in [7, 11) is 1.65. The van der Waals surface area contributed by atoms with E-state index in [1.165, 1.54) is 0 Å². The van der Waals surface area contributed by atoms with Crippen LogP contribution >= 0.6 is 0 Å². The molecule has 86 valence electrons. The number of carbonyl (C=O) groups excluding carboxylic acids is 1. The van der Waals surface area contributed by atoms with E-state index in [4.69, 9.17) is 4.74 Å². The van der Waals surface area contributed by atoms with E-state index in [0.717, 1.165) is 22.3 Å². The van der Waals surface area contributed by atoms with Gasteiger partial charge in [0, 0.05) is 12.7 Å². The fraction of sp³-hybridized carbons (Fsp3) is 0.357. The number of hydrogen-bond donors (Lipinski definition) is 0. The molecule has 0 aliphatic rings. The third-order valence-electron chi connectivity index (χ3n) is 2.98. The summed E-state index contributed by atoms with van der Waals surface area (Å²) in [6, 6.07) is 3.80. The molecule has 1 unspecified atom stereocenters. The Morgan fingerprint density at radius 1 is 1.38 bits per heavy atom. The number of ketones is 1. The molecule has 0 spiro atoms. The van der Waals surface area contributed by atoms with Crippen LogP contribution in [0.25, 0.3) is 0 Å². The molecule has 0 bridgehead atoms. The number of ether oxygens (including phenoxy) is 1. The van der Waals surface area contributed by atoms with Crippen LogP contribution in [-0.2, 0) is 4.74 Å². The third kappa shape index (κ3) is 2.22. The third-order valence-corrected chi connectivity index (χ3v) is 2.98. The summed E-state index contributed by atoms with van der Waals surface area (Å²) in [6.45, 7) is 9.30. The van der Waals surface area contributed by atoms with Crippen LogP contribution < -0.4 is 0 Å². The topological polar surface area (TPSA) is 26.3 Å². The molecule has 0 aromatic heterocycles. The second-order valence-electron chi connectivity index (χ2n) is 3.90. The van der Waals surface area contributed by atoms with Gasteiger partial charge in [0.25, 0.3) is 0 Å². The smallest absolute Gasteiger partial charge is 0.160 e. The zero-order valence-corrected chi connectivity index (χ0v) is 10.3. The SMILES string of the molecule is C=CC(OC)c1ccc(C(C)=O)c(C)c1C. The van der Waals surface area contributed by atoms with Crippen molar-refractivity contribution in [1.29, 1.82) is 0 Å². The first-order valence-electron chi connectivity index (χ1n) is 5.29. The van der Waals surface area contributed by atoms with E-state index in [1.807, 2.05) is 26.0 Å². The predicted molar refractivity (Wildman–Crippen MR) is 65.9 cm³/mol. The Bertz CT molecular complexity index is 419. The lowest BCUT2D eigenvalue weighted by molar-refractivity contribution is 0.101. The Morgan fingerprint density at radius 2 is 2.00 bits per heavy atom. The summed E-state index contributed by atoms with van der Waals surface area (Å²) in [5.41, 5.74) is 3.97. The van der Waals surface area contributed by atoms with Crippen molar-refractivity contribution in [3.63, 3.8) is 0 Å². The Labute approximate surface area is 96.9 Å². The van der Waals surface area contributed by atoms with Crippen LogP contribution in [0.4, 0.5) is 0 Å². The van der Waals surface area contributed by atoms with Gasteiger partial charge in [0.15, 0.2) is 5.78 Å². The minimum atomic E-state index is -0.111. The van der Waals surface area contributed by atoms with Crippen LogP contribution in [0.3, 0.4) is 0 Å². The molecule has 2 heteroatoms. The van der Waals surface area contributed by atoms with E-state index in [-0.39, 0.29) is 11.9 Å². The lowest BCUT2D eigenvalue weighted by Gasteiger charge is -2.17. The Balaban J connectivity index is 3.31. The highest BCUT2D eigenvalue weighted by Gasteiger charge is 2.14. The van der Waals surface area contributed by atoms with E-state index in [1.54, 1.807) is 20.1 Å². The fourth-order valence-corrected chi connectivity index (χ4v) is 1.88. The summed E-state index contributed by atoms with van der Waals surface area (Å²) in [4.78, 5) is 11.4. The molecule has 0 heterocycles. The molecule has 0 fully saturated rings. The lowest BCUT2D eigenvalue weighted by atomic mass is 9.93. The Morgan fingerprint density at radius 3 is 2.44 bits per heavy atom. The average molecular weight is 218 g/mol. The molecule has 1 rings (SSSR count). The largest absolute Gasteiger partial charge is 0.373 e. The van der Waals surface area contributed by atoms with Crippen molar-refractivity contribution in [3.05, 3.63) is 47.0 Å². The molecule has 16 heavy (non-hydrogen) atoms. The average Bonchev–Trinajstić information content (AvgIpc) is 2.25. The first-order chi connectivity index (χ1) is 7.52. The highest BCUT2D eigenvalue weighted by atomic mass is 16.5. The van der Waals surface area contributed by atoms with E-state index < -0.39 is 0 Å². The van der Waals surface area contributed by atoms with Gasteiger partial charge in [0.1, 0.15) is 6.10 Å². The number of carbonyl (C=O) groups is 1. The van der Waals surface area contributed by atoms with Gasteiger partial charge in [0.05, 0.1) is 0 Å². The second-order valence-corrected chi connectivity index (χ2v) is 3.90. The molecule has 0 saturated heterocycles. The molecular weight excluding hydrogens is 200 g/mol. The summed E-state index contributed by atoms with van der Waals surface area (Å²) in [6.07, 6.45) is 1.65. The monoisotopic (exact) mass is 218 g/mol. The van der Waals surface area contributed by atoms with Crippen molar-refractivity contribution in [2.24, 2.45) is 0 Å². The van der Waals surface area contributed by atoms with E-state index >= 15 is 0 Å². The van der Waals surface area contributed by atoms with E-state index in [0.29, 0.717) is 0 Å². The maximum absolute atomic E-state index is 11.4. The predicted octanol–water partition coefficient (Wildman–Crippen LogP) is 3.38. The number of Topliss-reactive ketones (excluding diaryl/α,β-unsaturated/α-hetero) is 1. The van der Waals surface area contributed by atoms with Gasteiger partial charge in [-0.05, 0) is 37.5 Å². The van der Waals surface area contributed by atoms with Gasteiger partial charge in [-0.2, -0.15) is 0 Å². The van der Waals surface area contributed by atoms with Crippen LogP contribution in [-0.4, -0.2) is 12.9 Å². The molecule has 1 atom stereocenters. The van der Waals surface area contributed by atoms with Crippen LogP contribution in [0.5, 0.6) is 0 Å². The zero-order chi connectivity index (χ0) is 12.3. The minimum Gasteiger partial charge on any atom is -0.373 e. The quantitative estimate of drug-likeness (QED) is 0.572. The van der Waals surface area contributed by atoms with Crippen LogP contribution in [0.2, 0.25) is 0 Å². The van der Waals surface area contributed by atoms with Gasteiger partial charge in [-0.15, -0.1) is 6.58 Å².